The molecule has 0 bridgehead atoms. The standard InChI is InChI=1S/C10H18N4O/c1-7-8(6-13-14-7)5-12-9(15)4-10(2,3)11/h6H,4-5,11H2,1-3H3,(H,12,15)(H,13,14). The Hall–Kier alpha value is -1.36. The van der Waals surface area contributed by atoms with Gasteiger partial charge in [-0.2, -0.15) is 5.10 Å². The van der Waals surface area contributed by atoms with Crippen molar-refractivity contribution in [1.29, 1.82) is 0 Å². The molecule has 0 fully saturated rings. The number of carbonyl (C=O) groups is 1. The van der Waals surface area contributed by atoms with E-state index in [1.165, 1.54) is 0 Å². The summed E-state index contributed by atoms with van der Waals surface area (Å²) in [7, 11) is 0. The molecule has 5 nitrogen and oxygen atoms in total. The molecule has 0 aromatic carbocycles. The van der Waals surface area contributed by atoms with Crippen molar-refractivity contribution >= 4 is 5.91 Å². The number of carbonyl (C=O) groups excluding carboxylic acids is 1. The van der Waals surface area contributed by atoms with Gasteiger partial charge in [-0.1, -0.05) is 0 Å². The first-order valence-electron chi connectivity index (χ1n) is 4.93. The van der Waals surface area contributed by atoms with Gasteiger partial charge in [0, 0.05) is 29.8 Å². The summed E-state index contributed by atoms with van der Waals surface area (Å²) in [5, 5.41) is 9.49. The SMILES string of the molecule is Cc1[nH]ncc1CNC(=O)CC(C)(C)N. The minimum Gasteiger partial charge on any atom is -0.352 e. The van der Waals surface area contributed by atoms with Gasteiger partial charge in [-0.15, -0.1) is 0 Å². The molecule has 84 valence electrons. The Labute approximate surface area is 89.4 Å². The molecule has 1 aromatic heterocycles. The van der Waals surface area contributed by atoms with Crippen molar-refractivity contribution in [3.63, 3.8) is 0 Å². The fraction of sp³-hybridized carbons (Fsp3) is 0.600. The smallest absolute Gasteiger partial charge is 0.222 e. The summed E-state index contributed by atoms with van der Waals surface area (Å²) in [6.07, 6.45) is 2.03. The van der Waals surface area contributed by atoms with Gasteiger partial charge in [-0.05, 0) is 20.8 Å². The van der Waals surface area contributed by atoms with Crippen molar-refractivity contribution < 1.29 is 4.79 Å². The topological polar surface area (TPSA) is 83.8 Å². The molecule has 1 heterocycles. The van der Waals surface area contributed by atoms with Gasteiger partial charge in [-0.3, -0.25) is 9.89 Å². The Balaban J connectivity index is 2.38. The van der Waals surface area contributed by atoms with Crippen LogP contribution in [-0.2, 0) is 11.3 Å². The fourth-order valence-corrected chi connectivity index (χ4v) is 1.22. The minimum absolute atomic E-state index is 0.0388. The first kappa shape index (κ1) is 11.7. The Morgan fingerprint density at radius 1 is 1.67 bits per heavy atom. The summed E-state index contributed by atoms with van der Waals surface area (Å²) in [4.78, 5) is 11.4. The van der Waals surface area contributed by atoms with Crippen molar-refractivity contribution in [3.8, 4) is 0 Å². The van der Waals surface area contributed by atoms with Crippen LogP contribution < -0.4 is 11.1 Å². The van der Waals surface area contributed by atoms with Crippen LogP contribution in [0.4, 0.5) is 0 Å². The van der Waals surface area contributed by atoms with Gasteiger partial charge in [0.15, 0.2) is 0 Å². The molecule has 15 heavy (non-hydrogen) atoms. The fourth-order valence-electron chi connectivity index (χ4n) is 1.22. The highest BCUT2D eigenvalue weighted by Crippen LogP contribution is 2.05. The highest BCUT2D eigenvalue weighted by atomic mass is 16.1. The number of rotatable bonds is 4. The monoisotopic (exact) mass is 210 g/mol. The quantitative estimate of drug-likeness (QED) is 0.675. The number of H-pyrrole nitrogens is 1. The van der Waals surface area contributed by atoms with Gasteiger partial charge < -0.3 is 11.1 Å². The van der Waals surface area contributed by atoms with Crippen molar-refractivity contribution in [2.75, 3.05) is 0 Å². The number of aryl methyl sites for hydroxylation is 1. The second-order valence-electron chi connectivity index (χ2n) is 4.46. The van der Waals surface area contributed by atoms with Crippen LogP contribution in [0.25, 0.3) is 0 Å². The molecule has 0 saturated heterocycles. The number of nitrogens with one attached hydrogen (secondary N) is 2. The Bertz CT molecular complexity index is 337. The lowest BCUT2D eigenvalue weighted by Crippen LogP contribution is -2.38. The summed E-state index contributed by atoms with van der Waals surface area (Å²) in [6.45, 7) is 6.07. The summed E-state index contributed by atoms with van der Waals surface area (Å²) in [6, 6.07) is 0. The van der Waals surface area contributed by atoms with E-state index in [1.54, 1.807) is 6.20 Å². The lowest BCUT2D eigenvalue weighted by molar-refractivity contribution is -0.122. The van der Waals surface area contributed by atoms with E-state index in [1.807, 2.05) is 20.8 Å². The van der Waals surface area contributed by atoms with Gasteiger partial charge >= 0.3 is 0 Å². The highest BCUT2D eigenvalue weighted by molar-refractivity contribution is 5.77. The normalized spacial score (nSPS) is 11.5. The van der Waals surface area contributed by atoms with Crippen molar-refractivity contribution in [3.05, 3.63) is 17.5 Å². The van der Waals surface area contributed by atoms with Crippen LogP contribution in [0, 0.1) is 6.92 Å². The third-order valence-electron chi connectivity index (χ3n) is 2.03. The van der Waals surface area contributed by atoms with Crippen molar-refractivity contribution in [1.82, 2.24) is 15.5 Å². The predicted molar refractivity (Wildman–Crippen MR) is 58.1 cm³/mol. The largest absolute Gasteiger partial charge is 0.352 e. The first-order valence-corrected chi connectivity index (χ1v) is 4.93. The van der Waals surface area contributed by atoms with E-state index in [9.17, 15) is 4.79 Å². The zero-order chi connectivity index (χ0) is 11.5. The van der Waals surface area contributed by atoms with Gasteiger partial charge in [0.2, 0.25) is 5.91 Å². The molecule has 0 unspecified atom stereocenters. The van der Waals surface area contributed by atoms with Gasteiger partial charge in [0.25, 0.3) is 0 Å². The Kier molecular flexibility index (Phi) is 3.47. The summed E-state index contributed by atoms with van der Waals surface area (Å²) >= 11 is 0. The number of aromatic nitrogens is 2. The van der Waals surface area contributed by atoms with Crippen LogP contribution in [0.2, 0.25) is 0 Å². The molecular weight excluding hydrogens is 192 g/mol. The molecule has 1 rings (SSSR count). The van der Waals surface area contributed by atoms with E-state index in [0.29, 0.717) is 13.0 Å². The molecule has 1 amide bonds. The van der Waals surface area contributed by atoms with E-state index < -0.39 is 5.54 Å². The third kappa shape index (κ3) is 4.12. The Morgan fingerprint density at radius 3 is 2.80 bits per heavy atom. The number of aromatic amines is 1. The lowest BCUT2D eigenvalue weighted by atomic mass is 10.0. The second-order valence-corrected chi connectivity index (χ2v) is 4.46. The Morgan fingerprint density at radius 2 is 2.33 bits per heavy atom. The van der Waals surface area contributed by atoms with E-state index in [4.69, 9.17) is 5.73 Å². The maximum Gasteiger partial charge on any atom is 0.222 e. The second kappa shape index (κ2) is 4.44. The summed E-state index contributed by atoms with van der Waals surface area (Å²) in [5.74, 6) is -0.0388. The zero-order valence-corrected chi connectivity index (χ0v) is 9.42. The average molecular weight is 210 g/mol. The maximum absolute atomic E-state index is 11.4. The van der Waals surface area contributed by atoms with Crippen LogP contribution in [0.5, 0.6) is 0 Å². The average Bonchev–Trinajstić information content (AvgIpc) is 2.44. The molecular formula is C10H18N4O. The number of hydrogen-bond donors (Lipinski definition) is 3. The van der Waals surface area contributed by atoms with E-state index >= 15 is 0 Å². The van der Waals surface area contributed by atoms with E-state index in [0.717, 1.165) is 11.3 Å². The lowest BCUT2D eigenvalue weighted by Gasteiger charge is -2.17. The van der Waals surface area contributed by atoms with E-state index in [-0.39, 0.29) is 5.91 Å². The summed E-state index contributed by atoms with van der Waals surface area (Å²) in [5.41, 5.74) is 7.25. The van der Waals surface area contributed by atoms with Crippen LogP contribution in [0.1, 0.15) is 31.5 Å². The van der Waals surface area contributed by atoms with Crippen molar-refractivity contribution in [2.45, 2.75) is 39.3 Å². The number of amides is 1. The number of nitrogens with two attached hydrogens (primary N) is 1. The highest BCUT2D eigenvalue weighted by Gasteiger charge is 2.16. The molecule has 4 N–H and O–H groups in total. The molecule has 1 aromatic rings. The van der Waals surface area contributed by atoms with Gasteiger partial charge in [-0.25, -0.2) is 0 Å². The van der Waals surface area contributed by atoms with Crippen molar-refractivity contribution in [2.24, 2.45) is 5.73 Å². The molecule has 0 atom stereocenters. The first-order chi connectivity index (χ1) is 6.88. The minimum atomic E-state index is -0.463. The third-order valence-corrected chi connectivity index (χ3v) is 2.03. The molecule has 0 radical (unpaired) electrons. The predicted octanol–water partition coefficient (Wildman–Crippen LogP) is 0.462. The summed E-state index contributed by atoms with van der Waals surface area (Å²) < 4.78 is 0. The molecule has 0 spiro atoms. The van der Waals surface area contributed by atoms with E-state index in [2.05, 4.69) is 15.5 Å². The van der Waals surface area contributed by atoms with Crippen LogP contribution in [0.3, 0.4) is 0 Å². The number of nitrogens with zero attached hydrogens (tertiary/aromatic N) is 1. The van der Waals surface area contributed by atoms with Gasteiger partial charge in [0.05, 0.1) is 6.20 Å². The number of hydrogen-bond acceptors (Lipinski definition) is 3. The zero-order valence-electron chi connectivity index (χ0n) is 9.42. The van der Waals surface area contributed by atoms with Crippen LogP contribution in [-0.4, -0.2) is 21.6 Å². The maximum atomic E-state index is 11.4. The molecule has 0 aliphatic carbocycles. The van der Waals surface area contributed by atoms with Crippen LogP contribution in [0.15, 0.2) is 6.20 Å². The molecule has 0 aliphatic rings. The molecule has 5 heteroatoms. The van der Waals surface area contributed by atoms with Gasteiger partial charge in [0.1, 0.15) is 0 Å². The van der Waals surface area contributed by atoms with Crippen LogP contribution >= 0.6 is 0 Å². The molecule has 0 aliphatic heterocycles. The molecule has 0 saturated carbocycles.